The van der Waals surface area contributed by atoms with E-state index in [4.69, 9.17) is 0 Å². The fraction of sp³-hybridized carbons (Fsp3) is 0.667. The van der Waals surface area contributed by atoms with Crippen LogP contribution in [0.25, 0.3) is 0 Å². The van der Waals surface area contributed by atoms with E-state index >= 15 is 0 Å². The molecule has 0 bridgehead atoms. The van der Waals surface area contributed by atoms with Gasteiger partial charge < -0.3 is 10.2 Å². The number of amides is 1. The van der Waals surface area contributed by atoms with Crippen molar-refractivity contribution >= 4 is 5.91 Å². The molecule has 2 heterocycles. The van der Waals surface area contributed by atoms with Crippen LogP contribution >= 0.6 is 0 Å². The number of nitrogens with one attached hydrogen (secondary N) is 2. The van der Waals surface area contributed by atoms with Gasteiger partial charge in [0.2, 0.25) is 0 Å². The lowest BCUT2D eigenvalue weighted by Crippen LogP contribution is -2.41. The molecule has 17 heavy (non-hydrogen) atoms. The first-order chi connectivity index (χ1) is 8.15. The third kappa shape index (κ3) is 2.20. The number of aryl methyl sites for hydroxylation is 2. The Bertz CT molecular complexity index is 387. The van der Waals surface area contributed by atoms with E-state index in [0.717, 1.165) is 43.0 Å². The van der Waals surface area contributed by atoms with Crippen molar-refractivity contribution in [1.29, 1.82) is 0 Å². The summed E-state index contributed by atoms with van der Waals surface area (Å²) in [7, 11) is 0. The number of H-pyrrole nitrogens is 1. The molecule has 2 rings (SSSR count). The summed E-state index contributed by atoms with van der Waals surface area (Å²) in [5.74, 6) is 0.102. The van der Waals surface area contributed by atoms with Crippen molar-refractivity contribution < 1.29 is 4.79 Å². The average molecular weight is 236 g/mol. The van der Waals surface area contributed by atoms with Gasteiger partial charge in [0.25, 0.3) is 5.91 Å². The molecule has 0 saturated carbocycles. The van der Waals surface area contributed by atoms with Crippen LogP contribution in [0.5, 0.6) is 0 Å². The number of hydrogen-bond acceptors (Lipinski definition) is 3. The lowest BCUT2D eigenvalue weighted by Gasteiger charge is -2.27. The Labute approximate surface area is 102 Å². The van der Waals surface area contributed by atoms with Crippen LogP contribution in [0.2, 0.25) is 0 Å². The second-order valence-electron chi connectivity index (χ2n) is 4.55. The van der Waals surface area contributed by atoms with Gasteiger partial charge >= 0.3 is 0 Å². The largest absolute Gasteiger partial charge is 0.335 e. The summed E-state index contributed by atoms with van der Waals surface area (Å²) in [6.07, 6.45) is 1.04. The van der Waals surface area contributed by atoms with Gasteiger partial charge in [-0.2, -0.15) is 5.10 Å². The monoisotopic (exact) mass is 236 g/mol. The smallest absolute Gasteiger partial charge is 0.257 e. The molecule has 0 radical (unpaired) electrons. The maximum absolute atomic E-state index is 12.5. The van der Waals surface area contributed by atoms with Crippen LogP contribution in [0.1, 0.15) is 35.1 Å². The topological polar surface area (TPSA) is 61.0 Å². The highest BCUT2D eigenvalue weighted by Crippen LogP contribution is 2.17. The molecule has 1 aliphatic rings. The second kappa shape index (κ2) is 4.87. The molecule has 1 amide bonds. The molecule has 1 unspecified atom stereocenters. The van der Waals surface area contributed by atoms with Crippen molar-refractivity contribution in [2.75, 3.05) is 19.6 Å². The average Bonchev–Trinajstić information content (AvgIpc) is 2.90. The highest BCUT2D eigenvalue weighted by molar-refractivity contribution is 5.96. The van der Waals surface area contributed by atoms with Crippen molar-refractivity contribution in [3.05, 3.63) is 17.0 Å². The summed E-state index contributed by atoms with van der Waals surface area (Å²) >= 11 is 0. The predicted molar refractivity (Wildman–Crippen MR) is 66.0 cm³/mol. The molecule has 1 atom stereocenters. The van der Waals surface area contributed by atoms with Crippen LogP contribution in [0.15, 0.2) is 0 Å². The van der Waals surface area contributed by atoms with E-state index in [1.165, 1.54) is 0 Å². The standard InChI is InChI=1S/C12H20N4O/c1-4-16(10-5-6-13-7-10)12(17)11-8(2)14-15-9(11)3/h10,13H,4-7H2,1-3H3,(H,14,15). The van der Waals surface area contributed by atoms with Gasteiger partial charge in [0.15, 0.2) is 0 Å². The van der Waals surface area contributed by atoms with E-state index in [9.17, 15) is 4.79 Å². The molecule has 1 saturated heterocycles. The van der Waals surface area contributed by atoms with E-state index in [0.29, 0.717) is 6.04 Å². The Hall–Kier alpha value is -1.36. The highest BCUT2D eigenvalue weighted by Gasteiger charge is 2.28. The van der Waals surface area contributed by atoms with E-state index in [1.807, 2.05) is 25.7 Å². The van der Waals surface area contributed by atoms with Gasteiger partial charge in [-0.1, -0.05) is 0 Å². The summed E-state index contributed by atoms with van der Waals surface area (Å²) in [6.45, 7) is 8.44. The van der Waals surface area contributed by atoms with Crippen LogP contribution in [-0.4, -0.2) is 46.7 Å². The van der Waals surface area contributed by atoms with Gasteiger partial charge in [-0.15, -0.1) is 0 Å². The molecule has 0 spiro atoms. The first kappa shape index (κ1) is 12.1. The molecule has 5 nitrogen and oxygen atoms in total. The molecule has 1 aromatic heterocycles. The fourth-order valence-electron chi connectivity index (χ4n) is 2.48. The summed E-state index contributed by atoms with van der Waals surface area (Å²) in [6, 6.07) is 0.321. The SMILES string of the molecule is CCN(C(=O)c1c(C)n[nH]c1C)C1CCNC1. The molecular formula is C12H20N4O. The minimum atomic E-state index is 0.102. The van der Waals surface area contributed by atoms with E-state index < -0.39 is 0 Å². The van der Waals surface area contributed by atoms with Crippen molar-refractivity contribution in [2.24, 2.45) is 0 Å². The molecule has 5 heteroatoms. The summed E-state index contributed by atoms with van der Waals surface area (Å²) in [5.41, 5.74) is 2.38. The zero-order valence-electron chi connectivity index (χ0n) is 10.7. The highest BCUT2D eigenvalue weighted by atomic mass is 16.2. The zero-order valence-corrected chi connectivity index (χ0v) is 10.7. The maximum atomic E-state index is 12.5. The molecule has 0 aliphatic carbocycles. The van der Waals surface area contributed by atoms with Gasteiger partial charge in [0, 0.05) is 24.8 Å². The minimum Gasteiger partial charge on any atom is -0.335 e. The van der Waals surface area contributed by atoms with Crippen molar-refractivity contribution in [1.82, 2.24) is 20.4 Å². The number of carbonyl (C=O) groups is 1. The van der Waals surface area contributed by atoms with Gasteiger partial charge in [0.1, 0.15) is 0 Å². The second-order valence-corrected chi connectivity index (χ2v) is 4.55. The van der Waals surface area contributed by atoms with Gasteiger partial charge in [0.05, 0.1) is 11.3 Å². The Balaban J connectivity index is 2.22. The Morgan fingerprint density at radius 2 is 2.29 bits per heavy atom. The van der Waals surface area contributed by atoms with Crippen molar-refractivity contribution in [3.8, 4) is 0 Å². The summed E-state index contributed by atoms with van der Waals surface area (Å²) in [5, 5.41) is 10.3. The van der Waals surface area contributed by atoms with Crippen LogP contribution in [0, 0.1) is 13.8 Å². The zero-order chi connectivity index (χ0) is 12.4. The van der Waals surface area contributed by atoms with Crippen molar-refractivity contribution in [2.45, 2.75) is 33.2 Å². The molecule has 1 aliphatic heterocycles. The molecule has 1 aromatic rings. The Morgan fingerprint density at radius 3 is 2.76 bits per heavy atom. The number of aromatic nitrogens is 2. The number of carbonyl (C=O) groups excluding carboxylic acids is 1. The van der Waals surface area contributed by atoms with Crippen LogP contribution in [0.3, 0.4) is 0 Å². The first-order valence-corrected chi connectivity index (χ1v) is 6.18. The maximum Gasteiger partial charge on any atom is 0.257 e. The van der Waals surface area contributed by atoms with Gasteiger partial charge in [-0.05, 0) is 33.7 Å². The fourth-order valence-corrected chi connectivity index (χ4v) is 2.48. The van der Waals surface area contributed by atoms with E-state index in [2.05, 4.69) is 15.5 Å². The third-order valence-corrected chi connectivity index (χ3v) is 3.42. The van der Waals surface area contributed by atoms with Crippen LogP contribution in [0.4, 0.5) is 0 Å². The molecular weight excluding hydrogens is 216 g/mol. The number of nitrogens with zero attached hydrogens (tertiary/aromatic N) is 2. The molecule has 94 valence electrons. The van der Waals surface area contributed by atoms with E-state index in [-0.39, 0.29) is 5.91 Å². The number of likely N-dealkylation sites (N-methyl/N-ethyl adjacent to an activating group) is 1. The third-order valence-electron chi connectivity index (χ3n) is 3.42. The van der Waals surface area contributed by atoms with Crippen molar-refractivity contribution in [3.63, 3.8) is 0 Å². The number of rotatable bonds is 3. The lowest BCUT2D eigenvalue weighted by molar-refractivity contribution is 0.0702. The first-order valence-electron chi connectivity index (χ1n) is 6.18. The Morgan fingerprint density at radius 1 is 1.53 bits per heavy atom. The number of aromatic amines is 1. The lowest BCUT2D eigenvalue weighted by atomic mass is 10.1. The summed E-state index contributed by atoms with van der Waals surface area (Å²) in [4.78, 5) is 14.5. The van der Waals surface area contributed by atoms with Crippen LogP contribution in [-0.2, 0) is 0 Å². The van der Waals surface area contributed by atoms with Gasteiger partial charge in [-0.25, -0.2) is 0 Å². The molecule has 1 fully saturated rings. The normalized spacial score (nSPS) is 19.6. The minimum absolute atomic E-state index is 0.102. The van der Waals surface area contributed by atoms with E-state index in [1.54, 1.807) is 0 Å². The Kier molecular flexibility index (Phi) is 3.47. The molecule has 0 aromatic carbocycles. The predicted octanol–water partition coefficient (Wildman–Crippen LogP) is 0.851. The molecule has 2 N–H and O–H groups in total. The van der Waals surface area contributed by atoms with Gasteiger partial charge in [-0.3, -0.25) is 9.89 Å². The van der Waals surface area contributed by atoms with Crippen LogP contribution < -0.4 is 5.32 Å². The quantitative estimate of drug-likeness (QED) is 0.818. The summed E-state index contributed by atoms with van der Waals surface area (Å²) < 4.78 is 0. The number of hydrogen-bond donors (Lipinski definition) is 2.